The monoisotopic (exact) mass is 292 g/mol. The molecule has 0 aliphatic carbocycles. The van der Waals surface area contributed by atoms with E-state index >= 15 is 0 Å². The Labute approximate surface area is 121 Å². The molecule has 0 N–H and O–H groups in total. The SMILES string of the molecule is CCOc1cccc(C(=O)c2ccccc2OC(F)F)c1. The number of ether oxygens (including phenoxy) is 2. The number of carbonyl (C=O) groups is 1. The van der Waals surface area contributed by atoms with Crippen molar-refractivity contribution in [1.82, 2.24) is 0 Å². The number of benzene rings is 2. The molecule has 2 aromatic rings. The van der Waals surface area contributed by atoms with Crippen LogP contribution in [-0.4, -0.2) is 19.0 Å². The van der Waals surface area contributed by atoms with Crippen LogP contribution < -0.4 is 9.47 Å². The normalized spacial score (nSPS) is 10.5. The zero-order valence-corrected chi connectivity index (χ0v) is 11.4. The van der Waals surface area contributed by atoms with Crippen molar-refractivity contribution in [3.05, 3.63) is 59.7 Å². The first-order valence-electron chi connectivity index (χ1n) is 6.43. The highest BCUT2D eigenvalue weighted by Crippen LogP contribution is 2.24. The quantitative estimate of drug-likeness (QED) is 0.757. The first-order chi connectivity index (χ1) is 10.1. The second-order valence-corrected chi connectivity index (χ2v) is 4.16. The number of halogens is 2. The van der Waals surface area contributed by atoms with E-state index in [1.165, 1.54) is 18.2 Å². The van der Waals surface area contributed by atoms with E-state index in [0.29, 0.717) is 17.9 Å². The molecule has 21 heavy (non-hydrogen) atoms. The number of para-hydroxylation sites is 1. The van der Waals surface area contributed by atoms with Gasteiger partial charge in [0.1, 0.15) is 11.5 Å². The Kier molecular flexibility index (Phi) is 4.87. The minimum Gasteiger partial charge on any atom is -0.494 e. The van der Waals surface area contributed by atoms with Crippen molar-refractivity contribution in [1.29, 1.82) is 0 Å². The molecule has 0 aromatic heterocycles. The summed E-state index contributed by atoms with van der Waals surface area (Å²) >= 11 is 0. The second kappa shape index (κ2) is 6.83. The summed E-state index contributed by atoms with van der Waals surface area (Å²) in [6, 6.07) is 12.5. The molecule has 0 saturated heterocycles. The van der Waals surface area contributed by atoms with E-state index in [2.05, 4.69) is 4.74 Å². The van der Waals surface area contributed by atoms with Gasteiger partial charge in [-0.2, -0.15) is 8.78 Å². The van der Waals surface area contributed by atoms with Crippen molar-refractivity contribution in [2.75, 3.05) is 6.61 Å². The van der Waals surface area contributed by atoms with E-state index in [4.69, 9.17) is 4.74 Å². The average molecular weight is 292 g/mol. The van der Waals surface area contributed by atoms with Crippen LogP contribution in [0.5, 0.6) is 11.5 Å². The number of hydrogen-bond acceptors (Lipinski definition) is 3. The largest absolute Gasteiger partial charge is 0.494 e. The van der Waals surface area contributed by atoms with Gasteiger partial charge in [0.25, 0.3) is 0 Å². The van der Waals surface area contributed by atoms with Crippen LogP contribution in [-0.2, 0) is 0 Å². The van der Waals surface area contributed by atoms with Gasteiger partial charge in [0, 0.05) is 5.56 Å². The van der Waals surface area contributed by atoms with Gasteiger partial charge in [0.2, 0.25) is 0 Å². The molecule has 0 aliphatic heterocycles. The van der Waals surface area contributed by atoms with Gasteiger partial charge in [-0.25, -0.2) is 0 Å². The van der Waals surface area contributed by atoms with Crippen LogP contribution in [0, 0.1) is 0 Å². The van der Waals surface area contributed by atoms with Crippen LogP contribution in [0.2, 0.25) is 0 Å². The van der Waals surface area contributed by atoms with Crippen LogP contribution in [0.3, 0.4) is 0 Å². The molecular formula is C16H14F2O3. The van der Waals surface area contributed by atoms with Crippen LogP contribution >= 0.6 is 0 Å². The molecule has 0 atom stereocenters. The third-order valence-electron chi connectivity index (χ3n) is 2.75. The topological polar surface area (TPSA) is 35.5 Å². The molecule has 0 fully saturated rings. The van der Waals surface area contributed by atoms with Gasteiger partial charge in [-0.05, 0) is 31.2 Å². The van der Waals surface area contributed by atoms with Crippen LogP contribution in [0.25, 0.3) is 0 Å². The predicted octanol–water partition coefficient (Wildman–Crippen LogP) is 3.92. The molecule has 0 heterocycles. The highest BCUT2D eigenvalue weighted by atomic mass is 19.3. The van der Waals surface area contributed by atoms with Crippen molar-refractivity contribution in [3.63, 3.8) is 0 Å². The molecular weight excluding hydrogens is 278 g/mol. The Bertz CT molecular complexity index is 626. The number of rotatable bonds is 6. The van der Waals surface area contributed by atoms with Crippen molar-refractivity contribution in [2.45, 2.75) is 13.5 Å². The Hall–Kier alpha value is -2.43. The third-order valence-corrected chi connectivity index (χ3v) is 2.75. The van der Waals surface area contributed by atoms with Gasteiger partial charge < -0.3 is 9.47 Å². The summed E-state index contributed by atoms with van der Waals surface area (Å²) in [7, 11) is 0. The Morgan fingerprint density at radius 2 is 1.90 bits per heavy atom. The highest BCUT2D eigenvalue weighted by molar-refractivity contribution is 6.10. The van der Waals surface area contributed by atoms with E-state index in [1.54, 1.807) is 30.3 Å². The van der Waals surface area contributed by atoms with E-state index in [0.717, 1.165) is 0 Å². The first kappa shape index (κ1) is 15.0. The molecule has 0 spiro atoms. The van der Waals surface area contributed by atoms with Gasteiger partial charge in [0.15, 0.2) is 5.78 Å². The number of ketones is 1. The van der Waals surface area contributed by atoms with E-state index < -0.39 is 12.4 Å². The fourth-order valence-electron chi connectivity index (χ4n) is 1.90. The van der Waals surface area contributed by atoms with Gasteiger partial charge in [-0.15, -0.1) is 0 Å². The van der Waals surface area contributed by atoms with Gasteiger partial charge in [-0.3, -0.25) is 4.79 Å². The maximum Gasteiger partial charge on any atom is 0.387 e. The summed E-state index contributed by atoms with van der Waals surface area (Å²) in [6.07, 6.45) is 0. The molecule has 5 heteroatoms. The maximum atomic E-state index is 12.4. The summed E-state index contributed by atoms with van der Waals surface area (Å²) in [5.74, 6) is 0.0164. The van der Waals surface area contributed by atoms with Gasteiger partial charge >= 0.3 is 6.61 Å². The molecule has 0 unspecified atom stereocenters. The molecule has 0 amide bonds. The van der Waals surface area contributed by atoms with E-state index in [9.17, 15) is 13.6 Å². The third kappa shape index (κ3) is 3.78. The smallest absolute Gasteiger partial charge is 0.387 e. The summed E-state index contributed by atoms with van der Waals surface area (Å²) in [5.41, 5.74) is 0.442. The first-order valence-corrected chi connectivity index (χ1v) is 6.43. The Morgan fingerprint density at radius 1 is 1.14 bits per heavy atom. The zero-order valence-electron chi connectivity index (χ0n) is 11.4. The van der Waals surface area contributed by atoms with Crippen molar-refractivity contribution >= 4 is 5.78 Å². The van der Waals surface area contributed by atoms with Crippen molar-refractivity contribution < 1.29 is 23.0 Å². The average Bonchev–Trinajstić information content (AvgIpc) is 2.47. The van der Waals surface area contributed by atoms with Crippen LogP contribution in [0.1, 0.15) is 22.8 Å². The highest BCUT2D eigenvalue weighted by Gasteiger charge is 2.17. The summed E-state index contributed by atoms with van der Waals surface area (Å²) in [6.45, 7) is -0.670. The predicted molar refractivity (Wildman–Crippen MR) is 74.1 cm³/mol. The fourth-order valence-corrected chi connectivity index (χ4v) is 1.90. The Balaban J connectivity index is 2.33. The molecule has 0 saturated carbocycles. The van der Waals surface area contributed by atoms with Crippen LogP contribution in [0.15, 0.2) is 48.5 Å². The summed E-state index contributed by atoms with van der Waals surface area (Å²) in [4.78, 5) is 12.4. The van der Waals surface area contributed by atoms with E-state index in [-0.39, 0.29) is 11.3 Å². The van der Waals surface area contributed by atoms with Crippen molar-refractivity contribution in [2.24, 2.45) is 0 Å². The van der Waals surface area contributed by atoms with Crippen molar-refractivity contribution in [3.8, 4) is 11.5 Å². The second-order valence-electron chi connectivity index (χ2n) is 4.16. The molecule has 110 valence electrons. The van der Waals surface area contributed by atoms with Gasteiger partial charge in [-0.1, -0.05) is 24.3 Å². The minimum atomic E-state index is -2.98. The number of alkyl halides is 2. The number of carbonyl (C=O) groups excluding carboxylic acids is 1. The summed E-state index contributed by atoms with van der Waals surface area (Å²) in [5, 5.41) is 0. The lowest BCUT2D eigenvalue weighted by Crippen LogP contribution is -2.09. The van der Waals surface area contributed by atoms with Gasteiger partial charge in [0.05, 0.1) is 12.2 Å². The zero-order chi connectivity index (χ0) is 15.2. The maximum absolute atomic E-state index is 12.4. The lowest BCUT2D eigenvalue weighted by molar-refractivity contribution is -0.0501. The fraction of sp³-hybridized carbons (Fsp3) is 0.188. The number of hydrogen-bond donors (Lipinski definition) is 0. The lowest BCUT2D eigenvalue weighted by Gasteiger charge is -2.10. The molecule has 0 bridgehead atoms. The molecule has 2 rings (SSSR count). The Morgan fingerprint density at radius 3 is 2.62 bits per heavy atom. The molecule has 2 aromatic carbocycles. The lowest BCUT2D eigenvalue weighted by atomic mass is 10.0. The summed E-state index contributed by atoms with van der Waals surface area (Å²) < 4.78 is 34.5. The standard InChI is InChI=1S/C16H14F2O3/c1-2-20-12-7-5-6-11(10-12)15(19)13-8-3-4-9-14(13)21-16(17)18/h3-10,16H,2H2,1H3. The van der Waals surface area contributed by atoms with Crippen LogP contribution in [0.4, 0.5) is 8.78 Å². The minimum absolute atomic E-state index is 0.0893. The molecule has 0 radical (unpaired) electrons. The van der Waals surface area contributed by atoms with E-state index in [1.807, 2.05) is 6.92 Å². The molecule has 0 aliphatic rings. The molecule has 3 nitrogen and oxygen atoms in total.